The maximum atomic E-state index is 12.5. The van der Waals surface area contributed by atoms with Crippen molar-refractivity contribution in [1.82, 2.24) is 15.5 Å². The normalized spacial score (nSPS) is 24.3. The third kappa shape index (κ3) is 3.61. The van der Waals surface area contributed by atoms with E-state index in [0.717, 1.165) is 17.7 Å². The van der Waals surface area contributed by atoms with Crippen LogP contribution >= 0.6 is 12.4 Å². The highest BCUT2D eigenvalue weighted by Crippen LogP contribution is 2.42. The molecule has 0 aromatic rings. The van der Waals surface area contributed by atoms with Gasteiger partial charge in [-0.3, -0.25) is 14.5 Å². The van der Waals surface area contributed by atoms with Crippen molar-refractivity contribution < 1.29 is 14.4 Å². The summed E-state index contributed by atoms with van der Waals surface area (Å²) in [7, 11) is 0. The molecule has 1 aliphatic carbocycles. The van der Waals surface area contributed by atoms with Crippen molar-refractivity contribution in [2.75, 3.05) is 13.1 Å². The zero-order valence-corrected chi connectivity index (χ0v) is 14.8. The molecule has 1 aliphatic heterocycles. The number of hydrogen-bond donors (Lipinski definition) is 3. The lowest BCUT2D eigenvalue weighted by Crippen LogP contribution is -2.55. The first kappa shape index (κ1) is 19.7. The number of carbonyl (C=O) groups excluding carboxylic acids is 3. The fourth-order valence-corrected chi connectivity index (χ4v) is 3.04. The molecule has 132 valence electrons. The van der Waals surface area contributed by atoms with Crippen molar-refractivity contribution in [1.29, 1.82) is 0 Å². The highest BCUT2D eigenvalue weighted by Gasteiger charge is 2.56. The van der Waals surface area contributed by atoms with E-state index in [1.54, 1.807) is 6.92 Å². The molecule has 2 fully saturated rings. The lowest BCUT2D eigenvalue weighted by Gasteiger charge is -2.32. The summed E-state index contributed by atoms with van der Waals surface area (Å²) >= 11 is 0. The van der Waals surface area contributed by atoms with Gasteiger partial charge in [0.2, 0.25) is 5.91 Å². The molecule has 0 aromatic heterocycles. The summed E-state index contributed by atoms with van der Waals surface area (Å²) in [4.78, 5) is 37.8. The molecule has 1 saturated carbocycles. The summed E-state index contributed by atoms with van der Waals surface area (Å²) < 4.78 is 0. The number of nitrogens with one attached hydrogen (secondary N) is 2. The van der Waals surface area contributed by atoms with Crippen LogP contribution in [0.2, 0.25) is 0 Å². The maximum Gasteiger partial charge on any atom is 0.325 e. The van der Waals surface area contributed by atoms with E-state index in [0.29, 0.717) is 19.4 Å². The molecular weight excluding hydrogens is 320 g/mol. The third-order valence-electron chi connectivity index (χ3n) is 5.15. The molecule has 1 heterocycles. The molecule has 0 aromatic carbocycles. The Morgan fingerprint density at radius 2 is 1.96 bits per heavy atom. The zero-order valence-electron chi connectivity index (χ0n) is 14.0. The minimum absolute atomic E-state index is 0. The zero-order chi connectivity index (χ0) is 16.5. The molecule has 7 nitrogen and oxygen atoms in total. The maximum absolute atomic E-state index is 12.5. The Bertz CT molecular complexity index is 483. The van der Waals surface area contributed by atoms with Gasteiger partial charge in [0, 0.05) is 6.54 Å². The van der Waals surface area contributed by atoms with Gasteiger partial charge in [0.05, 0.1) is 5.54 Å². The van der Waals surface area contributed by atoms with E-state index in [2.05, 4.69) is 10.6 Å². The van der Waals surface area contributed by atoms with Gasteiger partial charge in [-0.2, -0.15) is 0 Å². The molecule has 4 amide bonds. The van der Waals surface area contributed by atoms with E-state index in [4.69, 9.17) is 5.73 Å². The van der Waals surface area contributed by atoms with Crippen LogP contribution in [0.15, 0.2) is 0 Å². The summed E-state index contributed by atoms with van der Waals surface area (Å²) in [5.74, 6) is -0.467. The Kier molecular flexibility index (Phi) is 6.04. The molecular formula is C15H27ClN4O3. The minimum atomic E-state index is -0.849. The fraction of sp³-hybridized carbons (Fsp3) is 0.800. The third-order valence-corrected chi connectivity index (χ3v) is 5.15. The Morgan fingerprint density at radius 3 is 2.39 bits per heavy atom. The first-order valence-corrected chi connectivity index (χ1v) is 7.97. The van der Waals surface area contributed by atoms with Crippen molar-refractivity contribution in [3.05, 3.63) is 0 Å². The first-order chi connectivity index (χ1) is 10.3. The monoisotopic (exact) mass is 346 g/mol. The molecule has 8 heteroatoms. The SMILES string of the molecule is CCC(CC)(CN)NC(=O)CN1C(=O)NC(C)(C2CC2)C1=O.Cl. The summed E-state index contributed by atoms with van der Waals surface area (Å²) in [6.45, 7) is 5.72. The molecule has 1 unspecified atom stereocenters. The van der Waals surface area contributed by atoms with Crippen LogP contribution in [0.1, 0.15) is 46.5 Å². The van der Waals surface area contributed by atoms with Crippen LogP contribution in [0.25, 0.3) is 0 Å². The average Bonchev–Trinajstić information content (AvgIpc) is 3.31. The Labute approximate surface area is 143 Å². The number of rotatable bonds is 7. The van der Waals surface area contributed by atoms with Gasteiger partial charge < -0.3 is 16.4 Å². The van der Waals surface area contributed by atoms with Crippen LogP contribution in [-0.4, -0.2) is 46.9 Å². The Hall–Kier alpha value is -1.34. The van der Waals surface area contributed by atoms with Crippen LogP contribution in [0.3, 0.4) is 0 Å². The number of nitrogens with two attached hydrogens (primary N) is 1. The van der Waals surface area contributed by atoms with E-state index >= 15 is 0 Å². The van der Waals surface area contributed by atoms with Crippen molar-refractivity contribution in [3.8, 4) is 0 Å². The number of amides is 4. The summed E-state index contributed by atoms with van der Waals surface area (Å²) in [5, 5.41) is 5.62. The number of halogens is 1. The number of hydrogen-bond acceptors (Lipinski definition) is 4. The van der Waals surface area contributed by atoms with Gasteiger partial charge in [-0.15, -0.1) is 12.4 Å². The van der Waals surface area contributed by atoms with Crippen LogP contribution < -0.4 is 16.4 Å². The van der Waals surface area contributed by atoms with E-state index in [9.17, 15) is 14.4 Å². The van der Waals surface area contributed by atoms with Gasteiger partial charge in [-0.05, 0) is 38.5 Å². The van der Waals surface area contributed by atoms with Crippen molar-refractivity contribution in [3.63, 3.8) is 0 Å². The molecule has 0 bridgehead atoms. The van der Waals surface area contributed by atoms with Crippen molar-refractivity contribution in [2.24, 2.45) is 11.7 Å². The van der Waals surface area contributed by atoms with E-state index < -0.39 is 17.1 Å². The predicted molar refractivity (Wildman–Crippen MR) is 89.1 cm³/mol. The van der Waals surface area contributed by atoms with Crippen LogP contribution in [0, 0.1) is 5.92 Å². The topological polar surface area (TPSA) is 105 Å². The molecule has 1 atom stereocenters. The highest BCUT2D eigenvalue weighted by molar-refractivity contribution is 6.09. The van der Waals surface area contributed by atoms with Crippen LogP contribution in [0.5, 0.6) is 0 Å². The molecule has 2 aliphatic rings. The standard InChI is InChI=1S/C15H26N4O3.ClH/c1-4-15(5-2,9-16)17-11(20)8-19-12(21)14(3,10-6-7-10)18-13(19)22;/h10H,4-9,16H2,1-3H3,(H,17,20)(H,18,22);1H. The van der Waals surface area contributed by atoms with Gasteiger partial charge in [-0.25, -0.2) is 4.79 Å². The summed E-state index contributed by atoms with van der Waals surface area (Å²) in [6, 6.07) is -0.485. The number of urea groups is 1. The summed E-state index contributed by atoms with van der Waals surface area (Å²) in [5.41, 5.74) is 4.43. The lowest BCUT2D eigenvalue weighted by molar-refractivity contribution is -0.135. The predicted octanol–water partition coefficient (Wildman–Crippen LogP) is 0.762. The molecule has 0 spiro atoms. The highest BCUT2D eigenvalue weighted by atomic mass is 35.5. The molecule has 23 heavy (non-hydrogen) atoms. The minimum Gasteiger partial charge on any atom is -0.348 e. The van der Waals surface area contributed by atoms with Gasteiger partial charge >= 0.3 is 6.03 Å². The van der Waals surface area contributed by atoms with Gasteiger partial charge in [-0.1, -0.05) is 13.8 Å². The van der Waals surface area contributed by atoms with Gasteiger partial charge in [0.1, 0.15) is 12.1 Å². The van der Waals surface area contributed by atoms with Crippen LogP contribution in [-0.2, 0) is 9.59 Å². The second-order valence-electron chi connectivity index (χ2n) is 6.54. The smallest absolute Gasteiger partial charge is 0.325 e. The average molecular weight is 347 g/mol. The summed E-state index contributed by atoms with van der Waals surface area (Å²) in [6.07, 6.45) is 3.27. The molecule has 0 radical (unpaired) electrons. The van der Waals surface area contributed by atoms with E-state index in [1.807, 2.05) is 13.8 Å². The Balaban J connectivity index is 0.00000264. The van der Waals surface area contributed by atoms with Gasteiger partial charge in [0.25, 0.3) is 5.91 Å². The fourth-order valence-electron chi connectivity index (χ4n) is 3.04. The quantitative estimate of drug-likeness (QED) is 0.592. The second kappa shape index (κ2) is 7.05. The molecule has 4 N–H and O–H groups in total. The Morgan fingerprint density at radius 1 is 1.39 bits per heavy atom. The second-order valence-corrected chi connectivity index (χ2v) is 6.54. The largest absolute Gasteiger partial charge is 0.348 e. The van der Waals surface area contributed by atoms with Crippen LogP contribution in [0.4, 0.5) is 4.79 Å². The molecule has 2 rings (SSSR count). The van der Waals surface area contributed by atoms with E-state index in [1.165, 1.54) is 0 Å². The van der Waals surface area contributed by atoms with Gasteiger partial charge in [0.15, 0.2) is 0 Å². The number of imide groups is 1. The van der Waals surface area contributed by atoms with Crippen molar-refractivity contribution in [2.45, 2.75) is 57.5 Å². The lowest BCUT2D eigenvalue weighted by atomic mass is 9.93. The number of carbonyl (C=O) groups is 3. The van der Waals surface area contributed by atoms with Crippen molar-refractivity contribution >= 4 is 30.3 Å². The van der Waals surface area contributed by atoms with E-state index in [-0.39, 0.29) is 36.7 Å². The number of nitrogens with zero attached hydrogens (tertiary/aromatic N) is 1. The molecule has 1 saturated heterocycles. The first-order valence-electron chi connectivity index (χ1n) is 7.97.